The highest BCUT2D eigenvalue weighted by Crippen LogP contribution is 2.15. The van der Waals surface area contributed by atoms with Gasteiger partial charge in [0.15, 0.2) is 0 Å². The summed E-state index contributed by atoms with van der Waals surface area (Å²) in [6, 6.07) is 8.72. The zero-order valence-electron chi connectivity index (χ0n) is 15.7. The molecule has 1 aliphatic carbocycles. The lowest BCUT2D eigenvalue weighted by atomic mass is 10.0. The SMILES string of the molecule is C.C.C1=CCc2ccccc2CC1.CC.CC.CC(C)(C)C.[B]. The Balaban J connectivity index is -0.0000000790. The number of hydrogen-bond acceptors (Lipinski definition) is 0. The molecule has 1 heteroatoms. The fraction of sp³-hybridized carbons (Fsp3) is 0.636. The van der Waals surface area contributed by atoms with Gasteiger partial charge in [0.2, 0.25) is 0 Å². The second-order valence-corrected chi connectivity index (χ2v) is 5.98. The van der Waals surface area contributed by atoms with Gasteiger partial charge in [-0.3, -0.25) is 0 Å². The van der Waals surface area contributed by atoms with E-state index >= 15 is 0 Å². The van der Waals surface area contributed by atoms with Crippen LogP contribution >= 0.6 is 0 Å². The molecular weight excluding hydrogens is 275 g/mol. The summed E-state index contributed by atoms with van der Waals surface area (Å²) in [7, 11) is 0. The first-order chi connectivity index (χ1) is 9.47. The minimum Gasteiger partial charge on any atom is -0.0879 e. The number of rotatable bonds is 0. The molecular formula is C22H44B. The van der Waals surface area contributed by atoms with Crippen molar-refractivity contribution in [1.29, 1.82) is 0 Å². The van der Waals surface area contributed by atoms with Gasteiger partial charge in [0.1, 0.15) is 0 Å². The Kier molecular flexibility index (Phi) is 30.7. The van der Waals surface area contributed by atoms with Gasteiger partial charge in [-0.25, -0.2) is 0 Å². The minimum atomic E-state index is 0. The monoisotopic (exact) mass is 319 g/mol. The molecule has 135 valence electrons. The van der Waals surface area contributed by atoms with Gasteiger partial charge in [-0.1, -0.05) is 107 Å². The highest BCUT2D eigenvalue weighted by atomic mass is 14.1. The highest BCUT2D eigenvalue weighted by molar-refractivity contribution is 5.75. The molecule has 23 heavy (non-hydrogen) atoms. The molecule has 0 aliphatic heterocycles. The van der Waals surface area contributed by atoms with Crippen LogP contribution in [-0.2, 0) is 12.8 Å². The number of allylic oxidation sites excluding steroid dienone is 2. The highest BCUT2D eigenvalue weighted by Gasteiger charge is 2.01. The van der Waals surface area contributed by atoms with E-state index in [2.05, 4.69) is 64.1 Å². The Morgan fingerprint density at radius 3 is 1.57 bits per heavy atom. The van der Waals surface area contributed by atoms with Crippen molar-refractivity contribution in [3.63, 3.8) is 0 Å². The minimum absolute atomic E-state index is 0. The average molecular weight is 319 g/mol. The Labute approximate surface area is 151 Å². The third-order valence-corrected chi connectivity index (χ3v) is 2.20. The van der Waals surface area contributed by atoms with E-state index in [1.807, 2.05) is 27.7 Å². The van der Waals surface area contributed by atoms with Gasteiger partial charge in [-0.2, -0.15) is 0 Å². The topological polar surface area (TPSA) is 0 Å². The summed E-state index contributed by atoms with van der Waals surface area (Å²) in [5, 5.41) is 0. The zero-order valence-corrected chi connectivity index (χ0v) is 15.7. The van der Waals surface area contributed by atoms with Crippen molar-refractivity contribution in [2.24, 2.45) is 5.41 Å². The van der Waals surface area contributed by atoms with Crippen LogP contribution in [0.4, 0.5) is 0 Å². The zero-order chi connectivity index (χ0) is 16.0. The molecule has 0 atom stereocenters. The van der Waals surface area contributed by atoms with E-state index in [0.717, 1.165) is 6.42 Å². The standard InChI is InChI=1S/C11H12.C5H12.2C2H6.2CH4.B/c1-2-6-10-8-4-5-9-11(10)7-3-1;1-5(2,3)4;2*1-2;;;/h1-2,4-5,8-9H,3,6-7H2;1-4H3;2*1-2H3;2*1H4;. The first-order valence-electron chi connectivity index (χ1n) is 8.18. The predicted molar refractivity (Wildman–Crippen MR) is 115 cm³/mol. The summed E-state index contributed by atoms with van der Waals surface area (Å²) in [6.07, 6.45) is 8.09. The van der Waals surface area contributed by atoms with Crippen LogP contribution in [0.2, 0.25) is 0 Å². The molecule has 3 radical (unpaired) electrons. The molecule has 1 aliphatic rings. The van der Waals surface area contributed by atoms with Crippen LogP contribution in [0.3, 0.4) is 0 Å². The fourth-order valence-electron chi connectivity index (χ4n) is 1.57. The number of aryl methyl sites for hydroxylation is 1. The van der Waals surface area contributed by atoms with Crippen molar-refractivity contribution in [2.45, 2.75) is 89.5 Å². The summed E-state index contributed by atoms with van der Waals surface area (Å²) >= 11 is 0. The lowest BCUT2D eigenvalue weighted by molar-refractivity contribution is 0.469. The first-order valence-corrected chi connectivity index (χ1v) is 8.18. The fourth-order valence-corrected chi connectivity index (χ4v) is 1.57. The molecule has 0 fully saturated rings. The number of benzene rings is 1. The normalized spacial score (nSPS) is 10.6. The van der Waals surface area contributed by atoms with Crippen LogP contribution in [0.5, 0.6) is 0 Å². The summed E-state index contributed by atoms with van der Waals surface area (Å²) in [6.45, 7) is 16.8. The van der Waals surface area contributed by atoms with E-state index in [0.29, 0.717) is 5.41 Å². The van der Waals surface area contributed by atoms with E-state index in [1.165, 1.54) is 24.0 Å². The van der Waals surface area contributed by atoms with E-state index < -0.39 is 0 Å². The van der Waals surface area contributed by atoms with Crippen LogP contribution in [0.1, 0.15) is 87.8 Å². The molecule has 0 spiro atoms. The molecule has 0 N–H and O–H groups in total. The maximum atomic E-state index is 2.28. The van der Waals surface area contributed by atoms with Crippen molar-refractivity contribution < 1.29 is 0 Å². The first kappa shape index (κ1) is 33.6. The molecule has 0 saturated heterocycles. The third-order valence-electron chi connectivity index (χ3n) is 2.20. The summed E-state index contributed by atoms with van der Waals surface area (Å²) in [4.78, 5) is 0. The lowest BCUT2D eigenvalue weighted by Gasteiger charge is -2.05. The molecule has 0 saturated carbocycles. The molecule has 0 heterocycles. The smallest absolute Gasteiger partial charge is 0 e. The predicted octanol–water partition coefficient (Wildman–Crippen LogP) is 7.73. The summed E-state index contributed by atoms with van der Waals surface area (Å²) in [5.74, 6) is 0. The van der Waals surface area contributed by atoms with Crippen LogP contribution < -0.4 is 0 Å². The molecule has 0 amide bonds. The Hall–Kier alpha value is -0.975. The van der Waals surface area contributed by atoms with Gasteiger partial charge >= 0.3 is 0 Å². The summed E-state index contributed by atoms with van der Waals surface area (Å²) < 4.78 is 0. The van der Waals surface area contributed by atoms with Gasteiger partial charge < -0.3 is 0 Å². The number of fused-ring (bicyclic) bond motifs is 1. The molecule has 0 nitrogen and oxygen atoms in total. The van der Waals surface area contributed by atoms with Gasteiger partial charge in [-0.05, 0) is 35.8 Å². The summed E-state index contributed by atoms with van der Waals surface area (Å²) in [5.41, 5.74) is 3.53. The molecule has 0 unspecified atom stereocenters. The van der Waals surface area contributed by atoms with E-state index in [9.17, 15) is 0 Å². The maximum absolute atomic E-state index is 2.28. The molecule has 2 rings (SSSR count). The van der Waals surface area contributed by atoms with E-state index in [-0.39, 0.29) is 23.3 Å². The Bertz CT molecular complexity index is 339. The van der Waals surface area contributed by atoms with Crippen LogP contribution in [0, 0.1) is 5.41 Å². The lowest BCUT2D eigenvalue weighted by Crippen LogP contribution is -1.93. The van der Waals surface area contributed by atoms with Crippen LogP contribution in [-0.4, -0.2) is 8.41 Å². The van der Waals surface area contributed by atoms with Gasteiger partial charge in [0.25, 0.3) is 0 Å². The average Bonchev–Trinajstić information content (AvgIpc) is 2.66. The van der Waals surface area contributed by atoms with E-state index in [1.54, 1.807) is 0 Å². The number of hydrogen-bond donors (Lipinski definition) is 0. The maximum Gasteiger partial charge on any atom is 0 e. The van der Waals surface area contributed by atoms with Gasteiger partial charge in [0.05, 0.1) is 0 Å². The second kappa shape index (κ2) is 21.0. The Morgan fingerprint density at radius 1 is 0.739 bits per heavy atom. The largest absolute Gasteiger partial charge is 0.0879 e. The van der Waals surface area contributed by atoms with Crippen molar-refractivity contribution in [3.8, 4) is 0 Å². The Morgan fingerprint density at radius 2 is 1.13 bits per heavy atom. The van der Waals surface area contributed by atoms with Crippen molar-refractivity contribution in [3.05, 3.63) is 47.5 Å². The van der Waals surface area contributed by atoms with Crippen LogP contribution in [0.25, 0.3) is 0 Å². The van der Waals surface area contributed by atoms with Gasteiger partial charge in [-0.15, -0.1) is 0 Å². The van der Waals surface area contributed by atoms with Crippen molar-refractivity contribution in [2.75, 3.05) is 0 Å². The molecule has 0 aromatic heterocycles. The molecule has 1 aromatic rings. The van der Waals surface area contributed by atoms with Crippen molar-refractivity contribution >= 4 is 8.41 Å². The van der Waals surface area contributed by atoms with Crippen LogP contribution in [0.15, 0.2) is 36.4 Å². The van der Waals surface area contributed by atoms with Gasteiger partial charge in [0, 0.05) is 8.41 Å². The third kappa shape index (κ3) is 23.4. The quantitative estimate of drug-likeness (QED) is 0.339. The second-order valence-electron chi connectivity index (χ2n) is 5.98. The van der Waals surface area contributed by atoms with E-state index in [4.69, 9.17) is 0 Å². The van der Waals surface area contributed by atoms with Crippen molar-refractivity contribution in [1.82, 2.24) is 0 Å². The molecule has 0 bridgehead atoms. The molecule has 1 aromatic carbocycles.